The average molecular weight is 297 g/mol. The van der Waals surface area contributed by atoms with Crippen LogP contribution in [0.5, 0.6) is 0 Å². The Bertz CT molecular complexity index is 492. The maximum atomic E-state index is 14.0. The molecule has 1 aromatic heterocycles. The van der Waals surface area contributed by atoms with Gasteiger partial charge in [-0.25, -0.2) is 14.4 Å². The number of rotatable bonds is 6. The summed E-state index contributed by atoms with van der Waals surface area (Å²) in [6, 6.07) is 0. The van der Waals surface area contributed by atoms with Crippen LogP contribution in [0.25, 0.3) is 0 Å². The predicted octanol–water partition coefficient (Wildman–Crippen LogP) is 1.72. The number of carbonyl (C=O) groups is 1. The molecule has 1 atom stereocenters. The molecule has 0 aromatic carbocycles. The van der Waals surface area contributed by atoms with Crippen molar-refractivity contribution in [1.82, 2.24) is 9.97 Å². The van der Waals surface area contributed by atoms with Crippen molar-refractivity contribution in [1.29, 1.82) is 0 Å². The molecule has 116 valence electrons. The van der Waals surface area contributed by atoms with Crippen LogP contribution >= 0.6 is 0 Å². The third-order valence-corrected chi connectivity index (χ3v) is 3.84. The van der Waals surface area contributed by atoms with E-state index < -0.39 is 17.7 Å². The van der Waals surface area contributed by atoms with E-state index in [2.05, 4.69) is 15.3 Å². The normalized spacial score (nSPS) is 17.4. The van der Waals surface area contributed by atoms with Gasteiger partial charge in [0.25, 0.3) is 0 Å². The number of aryl methyl sites for hydroxylation is 1. The van der Waals surface area contributed by atoms with Crippen LogP contribution in [0.4, 0.5) is 10.2 Å². The maximum absolute atomic E-state index is 14.0. The number of nitrogens with zero attached hydrogens (tertiary/aromatic N) is 2. The molecule has 1 aromatic rings. The Morgan fingerprint density at radius 2 is 2.24 bits per heavy atom. The van der Waals surface area contributed by atoms with E-state index in [1.165, 1.54) is 6.33 Å². The van der Waals surface area contributed by atoms with Crippen molar-refractivity contribution in [3.63, 3.8) is 0 Å². The Morgan fingerprint density at radius 1 is 1.52 bits per heavy atom. The quantitative estimate of drug-likeness (QED) is 0.831. The van der Waals surface area contributed by atoms with Crippen LogP contribution < -0.4 is 5.32 Å². The molecule has 2 rings (SSSR count). The number of halogens is 1. The van der Waals surface area contributed by atoms with Crippen molar-refractivity contribution in [3.05, 3.63) is 17.8 Å². The summed E-state index contributed by atoms with van der Waals surface area (Å²) >= 11 is 0. The molecule has 21 heavy (non-hydrogen) atoms. The highest BCUT2D eigenvalue weighted by molar-refractivity contribution is 5.71. The van der Waals surface area contributed by atoms with Crippen molar-refractivity contribution in [2.24, 2.45) is 11.8 Å². The minimum absolute atomic E-state index is 0.0410. The van der Waals surface area contributed by atoms with Gasteiger partial charge in [0.1, 0.15) is 6.33 Å². The second-order valence-electron chi connectivity index (χ2n) is 5.11. The van der Waals surface area contributed by atoms with E-state index in [0.717, 1.165) is 0 Å². The van der Waals surface area contributed by atoms with E-state index in [1.54, 1.807) is 6.92 Å². The Labute approximate surface area is 122 Å². The molecule has 1 aliphatic rings. The van der Waals surface area contributed by atoms with Crippen molar-refractivity contribution < 1.29 is 19.0 Å². The van der Waals surface area contributed by atoms with Crippen LogP contribution in [0.3, 0.4) is 0 Å². The molecule has 0 radical (unpaired) electrons. The first-order valence-corrected chi connectivity index (χ1v) is 7.17. The van der Waals surface area contributed by atoms with Crippen LogP contribution in [0.2, 0.25) is 0 Å². The van der Waals surface area contributed by atoms with Crippen LogP contribution in [-0.2, 0) is 16.0 Å². The standard InChI is InChI=1S/C14H20FN3O3/c1-2-11-12(15)13(18-8-17-11)16-7-10(14(19)20)9-3-5-21-6-4-9/h8-10H,2-7H2,1H3,(H,19,20)(H,16,17,18). The van der Waals surface area contributed by atoms with Crippen molar-refractivity contribution in [3.8, 4) is 0 Å². The molecular formula is C14H20FN3O3. The molecular weight excluding hydrogens is 277 g/mol. The highest BCUT2D eigenvalue weighted by atomic mass is 19.1. The second-order valence-corrected chi connectivity index (χ2v) is 5.11. The Kier molecular flexibility index (Phi) is 5.44. The molecule has 6 nitrogen and oxygen atoms in total. The number of carboxylic acids is 1. The summed E-state index contributed by atoms with van der Waals surface area (Å²) < 4.78 is 19.3. The van der Waals surface area contributed by atoms with Gasteiger partial charge in [-0.1, -0.05) is 6.92 Å². The summed E-state index contributed by atoms with van der Waals surface area (Å²) in [7, 11) is 0. The zero-order valence-corrected chi connectivity index (χ0v) is 12.0. The van der Waals surface area contributed by atoms with E-state index in [4.69, 9.17) is 4.74 Å². The Balaban J connectivity index is 2.03. The summed E-state index contributed by atoms with van der Waals surface area (Å²) in [5.41, 5.74) is 0.324. The minimum atomic E-state index is -0.875. The molecule has 1 unspecified atom stereocenters. The number of anilines is 1. The predicted molar refractivity (Wildman–Crippen MR) is 74.5 cm³/mol. The first kappa shape index (κ1) is 15.6. The molecule has 0 saturated carbocycles. The maximum Gasteiger partial charge on any atom is 0.308 e. The highest BCUT2D eigenvalue weighted by Gasteiger charge is 2.30. The van der Waals surface area contributed by atoms with Crippen LogP contribution in [0, 0.1) is 17.7 Å². The summed E-state index contributed by atoms with van der Waals surface area (Å²) in [4.78, 5) is 19.1. The molecule has 0 amide bonds. The van der Waals surface area contributed by atoms with Crippen LogP contribution in [0.15, 0.2) is 6.33 Å². The van der Waals surface area contributed by atoms with E-state index in [1.807, 2.05) is 0 Å². The molecule has 1 fully saturated rings. The lowest BCUT2D eigenvalue weighted by molar-refractivity contribution is -0.144. The second kappa shape index (κ2) is 7.31. The fourth-order valence-corrected chi connectivity index (χ4v) is 2.56. The molecule has 2 heterocycles. The summed E-state index contributed by atoms with van der Waals surface area (Å²) in [5, 5.41) is 12.2. The van der Waals surface area contributed by atoms with E-state index in [9.17, 15) is 14.3 Å². The van der Waals surface area contributed by atoms with Crippen molar-refractivity contribution in [2.45, 2.75) is 26.2 Å². The van der Waals surface area contributed by atoms with Crippen LogP contribution in [0.1, 0.15) is 25.5 Å². The number of hydrogen-bond donors (Lipinski definition) is 2. The molecule has 1 saturated heterocycles. The fourth-order valence-electron chi connectivity index (χ4n) is 2.56. The number of hydrogen-bond acceptors (Lipinski definition) is 5. The van der Waals surface area contributed by atoms with E-state index in [0.29, 0.717) is 38.2 Å². The first-order chi connectivity index (χ1) is 10.1. The van der Waals surface area contributed by atoms with Gasteiger partial charge in [-0.05, 0) is 25.2 Å². The van der Waals surface area contributed by atoms with Gasteiger partial charge in [0, 0.05) is 19.8 Å². The lowest BCUT2D eigenvalue weighted by atomic mass is 9.86. The van der Waals surface area contributed by atoms with Crippen LogP contribution in [-0.4, -0.2) is 40.8 Å². The van der Waals surface area contributed by atoms with Gasteiger partial charge in [-0.15, -0.1) is 0 Å². The number of ether oxygens (including phenoxy) is 1. The molecule has 2 N–H and O–H groups in total. The van der Waals surface area contributed by atoms with Gasteiger partial charge in [-0.3, -0.25) is 4.79 Å². The van der Waals surface area contributed by atoms with Gasteiger partial charge >= 0.3 is 5.97 Å². The smallest absolute Gasteiger partial charge is 0.308 e. The van der Waals surface area contributed by atoms with Gasteiger partial charge in [-0.2, -0.15) is 0 Å². The molecule has 1 aliphatic heterocycles. The lowest BCUT2D eigenvalue weighted by Crippen LogP contribution is -2.34. The molecule has 0 spiro atoms. The monoisotopic (exact) mass is 297 g/mol. The first-order valence-electron chi connectivity index (χ1n) is 7.17. The number of aliphatic carboxylic acids is 1. The number of carboxylic acid groups (broad SMARTS) is 1. The Hall–Kier alpha value is -1.76. The van der Waals surface area contributed by atoms with Gasteiger partial charge in [0.15, 0.2) is 11.6 Å². The third kappa shape index (κ3) is 3.87. The summed E-state index contributed by atoms with van der Waals surface area (Å²) in [6.07, 6.45) is 3.18. The van der Waals surface area contributed by atoms with E-state index in [-0.39, 0.29) is 18.3 Å². The highest BCUT2D eigenvalue weighted by Crippen LogP contribution is 2.25. The molecule has 0 aliphatic carbocycles. The summed E-state index contributed by atoms with van der Waals surface area (Å²) in [5.74, 6) is -1.84. The average Bonchev–Trinajstić information content (AvgIpc) is 2.50. The topological polar surface area (TPSA) is 84.3 Å². The summed E-state index contributed by atoms with van der Waals surface area (Å²) in [6.45, 7) is 3.11. The zero-order chi connectivity index (χ0) is 15.2. The number of aromatic nitrogens is 2. The third-order valence-electron chi connectivity index (χ3n) is 3.84. The van der Waals surface area contributed by atoms with Crippen molar-refractivity contribution >= 4 is 11.8 Å². The van der Waals surface area contributed by atoms with Gasteiger partial charge in [0.05, 0.1) is 11.6 Å². The van der Waals surface area contributed by atoms with Crippen molar-refractivity contribution in [2.75, 3.05) is 25.1 Å². The molecule has 0 bridgehead atoms. The molecule has 7 heteroatoms. The van der Waals surface area contributed by atoms with Gasteiger partial charge < -0.3 is 15.2 Å². The minimum Gasteiger partial charge on any atom is -0.481 e. The lowest BCUT2D eigenvalue weighted by Gasteiger charge is -2.27. The van der Waals surface area contributed by atoms with E-state index >= 15 is 0 Å². The largest absolute Gasteiger partial charge is 0.481 e. The number of nitrogens with one attached hydrogen (secondary N) is 1. The van der Waals surface area contributed by atoms with Gasteiger partial charge in [0.2, 0.25) is 0 Å². The zero-order valence-electron chi connectivity index (χ0n) is 12.0. The fraction of sp³-hybridized carbons (Fsp3) is 0.643. The Morgan fingerprint density at radius 3 is 2.86 bits per heavy atom. The SMILES string of the molecule is CCc1ncnc(NCC(C(=O)O)C2CCOCC2)c1F.